The van der Waals surface area contributed by atoms with E-state index in [0.29, 0.717) is 6.33 Å². The number of fused-ring (bicyclic) bond motifs is 1. The number of aliphatic hydroxyl groups is 1. The number of nitrogens with zero attached hydrogens (tertiary/aromatic N) is 1. The van der Waals surface area contributed by atoms with Crippen LogP contribution in [-0.4, -0.2) is 35.2 Å². The molecular weight excluding hydrogens is 181 g/mol. The van der Waals surface area contributed by atoms with E-state index >= 15 is 0 Å². The second-order valence-electron chi connectivity index (χ2n) is 3.85. The molecule has 2 nitrogen and oxygen atoms in total. The topological polar surface area (TPSA) is 23.5 Å². The molecule has 2 saturated heterocycles. The van der Waals surface area contributed by atoms with Crippen molar-refractivity contribution in [2.75, 3.05) is 19.7 Å². The first-order valence-corrected chi connectivity index (χ1v) is 5.45. The van der Waals surface area contributed by atoms with Gasteiger partial charge in [-0.2, -0.15) is 0 Å². The van der Waals surface area contributed by atoms with Crippen LogP contribution in [0.15, 0.2) is 11.9 Å². The van der Waals surface area contributed by atoms with Gasteiger partial charge in [0, 0.05) is 12.1 Å². The van der Waals surface area contributed by atoms with Crippen LogP contribution in [0.2, 0.25) is 0 Å². The molecule has 1 atom stereocenters. The minimum Gasteiger partial charge on any atom is -0.394 e. The highest BCUT2D eigenvalue weighted by atomic mass is 19.1. The van der Waals surface area contributed by atoms with Crippen molar-refractivity contribution in [3.8, 4) is 0 Å². The molecule has 0 aromatic carbocycles. The Balaban J connectivity index is 0.000000461. The van der Waals surface area contributed by atoms with Crippen LogP contribution in [0, 0.1) is 0 Å². The lowest BCUT2D eigenvalue weighted by molar-refractivity contribution is 0.1000. The molecule has 0 bridgehead atoms. The molecular formula is C11H20FNO. The molecule has 2 heterocycles. The maximum absolute atomic E-state index is 12.2. The Labute approximate surface area is 85.4 Å². The monoisotopic (exact) mass is 201 g/mol. The van der Waals surface area contributed by atoms with Gasteiger partial charge in [-0.3, -0.25) is 4.90 Å². The SMILES string of the molecule is CC.OCC12CCCN1C/C(=C/F)C2. The van der Waals surface area contributed by atoms with Crippen molar-refractivity contribution in [3.63, 3.8) is 0 Å². The summed E-state index contributed by atoms with van der Waals surface area (Å²) in [5.41, 5.74) is 0.738. The Morgan fingerprint density at radius 3 is 2.79 bits per heavy atom. The lowest BCUT2D eigenvalue weighted by atomic mass is 9.94. The standard InChI is InChI=1S/C9H14FNO.C2H6/c10-5-8-4-9(7-12)2-1-3-11(9)6-8;1-2/h5,12H,1-4,6-7H2;1-2H3/b8-5+;. The van der Waals surface area contributed by atoms with E-state index in [9.17, 15) is 9.50 Å². The Kier molecular flexibility index (Phi) is 4.08. The van der Waals surface area contributed by atoms with Crippen LogP contribution in [0.1, 0.15) is 33.1 Å². The fraction of sp³-hybridized carbons (Fsp3) is 0.818. The van der Waals surface area contributed by atoms with Crippen LogP contribution in [0.4, 0.5) is 4.39 Å². The highest BCUT2D eigenvalue weighted by Gasteiger charge is 2.45. The van der Waals surface area contributed by atoms with Crippen molar-refractivity contribution < 1.29 is 9.50 Å². The largest absolute Gasteiger partial charge is 0.394 e. The zero-order valence-corrected chi connectivity index (χ0v) is 9.09. The molecule has 0 aromatic heterocycles. The van der Waals surface area contributed by atoms with Gasteiger partial charge in [-0.05, 0) is 31.4 Å². The van der Waals surface area contributed by atoms with Crippen LogP contribution in [-0.2, 0) is 0 Å². The quantitative estimate of drug-likeness (QED) is 0.702. The summed E-state index contributed by atoms with van der Waals surface area (Å²) in [7, 11) is 0. The number of hydrogen-bond donors (Lipinski definition) is 1. The normalized spacial score (nSPS) is 34.1. The Bertz CT molecular complexity index is 217. The molecule has 1 N–H and O–H groups in total. The Hall–Kier alpha value is -0.410. The van der Waals surface area contributed by atoms with Gasteiger partial charge in [-0.15, -0.1) is 0 Å². The van der Waals surface area contributed by atoms with E-state index < -0.39 is 0 Å². The summed E-state index contributed by atoms with van der Waals surface area (Å²) in [5.74, 6) is 0. The van der Waals surface area contributed by atoms with Gasteiger partial charge in [-0.1, -0.05) is 13.8 Å². The maximum atomic E-state index is 12.2. The fourth-order valence-electron chi connectivity index (χ4n) is 2.47. The second-order valence-corrected chi connectivity index (χ2v) is 3.85. The molecule has 0 aromatic rings. The van der Waals surface area contributed by atoms with Gasteiger partial charge in [0.2, 0.25) is 0 Å². The van der Waals surface area contributed by atoms with Crippen molar-refractivity contribution in [1.82, 2.24) is 4.90 Å². The van der Waals surface area contributed by atoms with Crippen molar-refractivity contribution in [2.45, 2.75) is 38.6 Å². The first-order chi connectivity index (χ1) is 6.80. The number of hydrogen-bond acceptors (Lipinski definition) is 2. The van der Waals surface area contributed by atoms with Crippen LogP contribution < -0.4 is 0 Å². The lowest BCUT2D eigenvalue weighted by Crippen LogP contribution is -2.41. The molecule has 2 fully saturated rings. The van der Waals surface area contributed by atoms with Gasteiger partial charge >= 0.3 is 0 Å². The Morgan fingerprint density at radius 2 is 2.29 bits per heavy atom. The molecule has 0 saturated carbocycles. The fourth-order valence-corrected chi connectivity index (χ4v) is 2.47. The highest BCUT2D eigenvalue weighted by molar-refractivity contribution is 5.18. The summed E-state index contributed by atoms with van der Waals surface area (Å²) in [5, 5.41) is 9.25. The number of rotatable bonds is 1. The molecule has 2 aliphatic heterocycles. The van der Waals surface area contributed by atoms with Gasteiger partial charge in [-0.25, -0.2) is 4.39 Å². The summed E-state index contributed by atoms with van der Waals surface area (Å²) in [6.07, 6.45) is 3.58. The zero-order valence-electron chi connectivity index (χ0n) is 9.09. The minimum absolute atomic E-state index is 0.0993. The van der Waals surface area contributed by atoms with Crippen molar-refractivity contribution in [3.05, 3.63) is 11.9 Å². The van der Waals surface area contributed by atoms with E-state index in [4.69, 9.17) is 0 Å². The highest BCUT2D eigenvalue weighted by Crippen LogP contribution is 2.40. The van der Waals surface area contributed by atoms with Gasteiger partial charge < -0.3 is 5.11 Å². The van der Waals surface area contributed by atoms with E-state index in [-0.39, 0.29) is 12.1 Å². The lowest BCUT2D eigenvalue weighted by Gasteiger charge is -2.28. The van der Waals surface area contributed by atoms with E-state index in [0.717, 1.165) is 37.9 Å². The molecule has 3 heteroatoms. The molecule has 0 aliphatic carbocycles. The average Bonchev–Trinajstić information content (AvgIpc) is 2.76. The third-order valence-electron chi connectivity index (χ3n) is 3.14. The maximum Gasteiger partial charge on any atom is 0.0872 e. The molecule has 2 rings (SSSR count). The van der Waals surface area contributed by atoms with E-state index in [1.165, 1.54) is 0 Å². The van der Waals surface area contributed by atoms with Crippen LogP contribution in [0.25, 0.3) is 0 Å². The first kappa shape index (κ1) is 11.7. The smallest absolute Gasteiger partial charge is 0.0872 e. The predicted molar refractivity (Wildman–Crippen MR) is 55.8 cm³/mol. The van der Waals surface area contributed by atoms with Crippen molar-refractivity contribution in [1.29, 1.82) is 0 Å². The van der Waals surface area contributed by atoms with Crippen LogP contribution in [0.3, 0.4) is 0 Å². The molecule has 0 spiro atoms. The molecule has 0 radical (unpaired) electrons. The van der Waals surface area contributed by atoms with Gasteiger partial charge in [0.1, 0.15) is 0 Å². The second kappa shape index (κ2) is 4.89. The van der Waals surface area contributed by atoms with Gasteiger partial charge in [0.05, 0.1) is 12.9 Å². The summed E-state index contributed by atoms with van der Waals surface area (Å²) >= 11 is 0. The summed E-state index contributed by atoms with van der Waals surface area (Å²) in [4.78, 5) is 2.21. The van der Waals surface area contributed by atoms with Crippen molar-refractivity contribution in [2.24, 2.45) is 0 Å². The third-order valence-corrected chi connectivity index (χ3v) is 3.14. The molecule has 2 aliphatic rings. The average molecular weight is 201 g/mol. The Morgan fingerprint density at radius 1 is 1.57 bits per heavy atom. The molecule has 1 unspecified atom stereocenters. The van der Waals surface area contributed by atoms with E-state index in [2.05, 4.69) is 4.90 Å². The van der Waals surface area contributed by atoms with Gasteiger partial charge in [0.15, 0.2) is 0 Å². The zero-order chi connectivity index (χ0) is 10.6. The van der Waals surface area contributed by atoms with Crippen LogP contribution >= 0.6 is 0 Å². The van der Waals surface area contributed by atoms with E-state index in [1.807, 2.05) is 13.8 Å². The number of halogens is 1. The molecule has 82 valence electrons. The minimum atomic E-state index is -0.0993. The van der Waals surface area contributed by atoms with Gasteiger partial charge in [0.25, 0.3) is 0 Å². The predicted octanol–water partition coefficient (Wildman–Crippen LogP) is 2.10. The molecule has 14 heavy (non-hydrogen) atoms. The molecule has 0 amide bonds. The van der Waals surface area contributed by atoms with Crippen molar-refractivity contribution >= 4 is 0 Å². The summed E-state index contributed by atoms with van der Waals surface area (Å²) < 4.78 is 12.2. The summed E-state index contributed by atoms with van der Waals surface area (Å²) in [6.45, 7) is 5.90. The third kappa shape index (κ3) is 1.84. The van der Waals surface area contributed by atoms with Crippen LogP contribution in [0.5, 0.6) is 0 Å². The summed E-state index contributed by atoms with van der Waals surface area (Å²) in [6, 6.07) is 0. The number of aliphatic hydroxyl groups excluding tert-OH is 1. The first-order valence-electron chi connectivity index (χ1n) is 5.45. The van der Waals surface area contributed by atoms with E-state index in [1.54, 1.807) is 0 Å².